The Kier molecular flexibility index (Phi) is 6.44. The third-order valence-corrected chi connectivity index (χ3v) is 2.96. The van der Waals surface area contributed by atoms with E-state index in [1.165, 1.54) is 5.56 Å². The lowest BCUT2D eigenvalue weighted by Gasteiger charge is -2.19. The van der Waals surface area contributed by atoms with Gasteiger partial charge in [0, 0.05) is 25.8 Å². The Bertz CT molecular complexity index is 374. The van der Waals surface area contributed by atoms with Crippen molar-refractivity contribution in [3.05, 3.63) is 36.0 Å². The molecule has 2 N–H and O–H groups in total. The van der Waals surface area contributed by atoms with Crippen molar-refractivity contribution in [2.75, 3.05) is 18.5 Å². The van der Waals surface area contributed by atoms with Crippen LogP contribution in [0.2, 0.25) is 0 Å². The Labute approximate surface area is 111 Å². The van der Waals surface area contributed by atoms with Crippen LogP contribution < -0.4 is 10.6 Å². The first-order chi connectivity index (χ1) is 8.71. The predicted molar refractivity (Wildman–Crippen MR) is 78.8 cm³/mol. The molecule has 0 aliphatic heterocycles. The van der Waals surface area contributed by atoms with Gasteiger partial charge in [-0.25, -0.2) is 4.98 Å². The van der Waals surface area contributed by atoms with Crippen molar-refractivity contribution < 1.29 is 0 Å². The fraction of sp³-hybridized carbons (Fsp3) is 0.533. The van der Waals surface area contributed by atoms with Gasteiger partial charge in [0.15, 0.2) is 0 Å². The molecule has 0 amide bonds. The maximum atomic E-state index is 5.75. The number of aryl methyl sites for hydroxylation is 1. The van der Waals surface area contributed by atoms with Gasteiger partial charge in [0.25, 0.3) is 0 Å². The number of pyridine rings is 1. The Balaban J connectivity index is 2.78. The molecule has 1 aromatic rings. The lowest BCUT2D eigenvalue weighted by molar-refractivity contribution is 0.782. The van der Waals surface area contributed by atoms with E-state index in [9.17, 15) is 0 Å². The van der Waals surface area contributed by atoms with Gasteiger partial charge in [0.1, 0.15) is 5.82 Å². The smallest absolute Gasteiger partial charge is 0.128 e. The lowest BCUT2D eigenvalue weighted by atomic mass is 10.1. The van der Waals surface area contributed by atoms with Crippen molar-refractivity contribution in [1.29, 1.82) is 0 Å². The summed E-state index contributed by atoms with van der Waals surface area (Å²) in [4.78, 5) is 6.89. The van der Waals surface area contributed by atoms with Crippen LogP contribution in [-0.2, 0) is 13.0 Å². The summed E-state index contributed by atoms with van der Waals surface area (Å²) < 4.78 is 0. The highest BCUT2D eigenvalue weighted by molar-refractivity contribution is 5.42. The van der Waals surface area contributed by atoms with E-state index in [0.717, 1.165) is 43.7 Å². The fourth-order valence-electron chi connectivity index (χ4n) is 1.92. The molecule has 3 nitrogen and oxygen atoms in total. The summed E-state index contributed by atoms with van der Waals surface area (Å²) in [5.41, 5.74) is 8.06. The third-order valence-electron chi connectivity index (χ3n) is 2.96. The summed E-state index contributed by atoms with van der Waals surface area (Å²) in [7, 11) is 2.08. The number of rotatable bonds is 8. The largest absolute Gasteiger partial charge is 0.360 e. The van der Waals surface area contributed by atoms with Crippen LogP contribution in [0.5, 0.6) is 0 Å². The number of unbranched alkanes of at least 4 members (excludes halogenated alkanes) is 1. The van der Waals surface area contributed by atoms with Gasteiger partial charge in [0.2, 0.25) is 0 Å². The number of allylic oxidation sites excluding steroid dienone is 1. The SMILES string of the molecule is C=CCCCN(C)c1cc(CN)cc(CCC)n1. The van der Waals surface area contributed by atoms with E-state index in [-0.39, 0.29) is 0 Å². The molecular weight excluding hydrogens is 222 g/mol. The highest BCUT2D eigenvalue weighted by Gasteiger charge is 2.06. The van der Waals surface area contributed by atoms with E-state index in [0.29, 0.717) is 6.54 Å². The molecule has 0 fully saturated rings. The molecule has 0 bridgehead atoms. The van der Waals surface area contributed by atoms with Gasteiger partial charge in [-0.3, -0.25) is 0 Å². The highest BCUT2D eigenvalue weighted by Crippen LogP contribution is 2.15. The summed E-state index contributed by atoms with van der Waals surface area (Å²) >= 11 is 0. The Morgan fingerprint density at radius 1 is 1.44 bits per heavy atom. The molecule has 0 atom stereocenters. The Hall–Kier alpha value is -1.35. The molecule has 0 aliphatic carbocycles. The minimum Gasteiger partial charge on any atom is -0.360 e. The van der Waals surface area contributed by atoms with Gasteiger partial charge in [-0.2, -0.15) is 0 Å². The zero-order chi connectivity index (χ0) is 13.4. The van der Waals surface area contributed by atoms with E-state index in [4.69, 9.17) is 10.7 Å². The first kappa shape index (κ1) is 14.7. The average Bonchev–Trinajstić information content (AvgIpc) is 2.39. The van der Waals surface area contributed by atoms with Gasteiger partial charge in [-0.05, 0) is 37.0 Å². The van der Waals surface area contributed by atoms with E-state index >= 15 is 0 Å². The summed E-state index contributed by atoms with van der Waals surface area (Å²) in [6.45, 7) is 7.49. The van der Waals surface area contributed by atoms with E-state index in [1.54, 1.807) is 0 Å². The standard InChI is InChI=1S/C15H25N3/c1-4-6-7-9-18(3)15-11-13(12-16)10-14(17-15)8-5-2/h4,10-11H,1,5-9,12,16H2,2-3H3. The Morgan fingerprint density at radius 3 is 2.83 bits per heavy atom. The van der Waals surface area contributed by atoms with E-state index < -0.39 is 0 Å². The van der Waals surface area contributed by atoms with Gasteiger partial charge < -0.3 is 10.6 Å². The topological polar surface area (TPSA) is 42.1 Å². The summed E-state index contributed by atoms with van der Waals surface area (Å²) in [6, 6.07) is 4.21. The molecule has 1 rings (SSSR count). The van der Waals surface area contributed by atoms with Crippen molar-refractivity contribution in [3.63, 3.8) is 0 Å². The lowest BCUT2D eigenvalue weighted by Crippen LogP contribution is -2.20. The van der Waals surface area contributed by atoms with Crippen LogP contribution >= 0.6 is 0 Å². The molecule has 1 aromatic heterocycles. The quantitative estimate of drug-likeness (QED) is 0.567. The second-order valence-corrected chi connectivity index (χ2v) is 4.63. The van der Waals surface area contributed by atoms with Crippen molar-refractivity contribution in [2.24, 2.45) is 5.73 Å². The maximum Gasteiger partial charge on any atom is 0.128 e. The number of anilines is 1. The summed E-state index contributed by atoms with van der Waals surface area (Å²) in [5, 5.41) is 0. The molecule has 3 heteroatoms. The molecule has 18 heavy (non-hydrogen) atoms. The molecular formula is C15H25N3. The van der Waals surface area contributed by atoms with Gasteiger partial charge in [-0.15, -0.1) is 6.58 Å². The predicted octanol–water partition coefficient (Wildman–Crippen LogP) is 2.90. The number of hydrogen-bond acceptors (Lipinski definition) is 3. The molecule has 0 aromatic carbocycles. The molecule has 0 saturated carbocycles. The number of nitrogens with two attached hydrogens (primary N) is 1. The van der Waals surface area contributed by atoms with Crippen LogP contribution in [0.25, 0.3) is 0 Å². The minimum atomic E-state index is 0.576. The van der Waals surface area contributed by atoms with Crippen molar-refractivity contribution in [1.82, 2.24) is 4.98 Å². The van der Waals surface area contributed by atoms with Gasteiger partial charge in [0.05, 0.1) is 0 Å². The third kappa shape index (κ3) is 4.49. The monoisotopic (exact) mass is 247 g/mol. The van der Waals surface area contributed by atoms with Crippen LogP contribution in [0.3, 0.4) is 0 Å². The molecule has 0 spiro atoms. The maximum absolute atomic E-state index is 5.75. The van der Waals surface area contributed by atoms with Gasteiger partial charge >= 0.3 is 0 Å². The van der Waals surface area contributed by atoms with Gasteiger partial charge in [-0.1, -0.05) is 19.4 Å². The Morgan fingerprint density at radius 2 is 2.22 bits per heavy atom. The van der Waals surface area contributed by atoms with Crippen molar-refractivity contribution in [3.8, 4) is 0 Å². The first-order valence-electron chi connectivity index (χ1n) is 6.73. The van der Waals surface area contributed by atoms with E-state index in [2.05, 4.69) is 37.6 Å². The van der Waals surface area contributed by atoms with Crippen molar-refractivity contribution in [2.45, 2.75) is 39.2 Å². The molecule has 100 valence electrons. The van der Waals surface area contributed by atoms with Crippen LogP contribution in [0, 0.1) is 0 Å². The molecule has 0 aliphatic rings. The number of hydrogen-bond donors (Lipinski definition) is 1. The molecule has 1 heterocycles. The van der Waals surface area contributed by atoms with Crippen LogP contribution in [0.4, 0.5) is 5.82 Å². The average molecular weight is 247 g/mol. The van der Waals surface area contributed by atoms with Crippen LogP contribution in [0.1, 0.15) is 37.4 Å². The van der Waals surface area contributed by atoms with Crippen molar-refractivity contribution >= 4 is 5.82 Å². The molecule has 0 saturated heterocycles. The number of aromatic nitrogens is 1. The fourth-order valence-corrected chi connectivity index (χ4v) is 1.92. The zero-order valence-corrected chi connectivity index (χ0v) is 11.7. The zero-order valence-electron chi connectivity index (χ0n) is 11.7. The van der Waals surface area contributed by atoms with Crippen LogP contribution in [0.15, 0.2) is 24.8 Å². The number of nitrogens with zero attached hydrogens (tertiary/aromatic N) is 2. The normalized spacial score (nSPS) is 10.4. The molecule has 0 unspecified atom stereocenters. The van der Waals surface area contributed by atoms with Crippen LogP contribution in [-0.4, -0.2) is 18.6 Å². The van der Waals surface area contributed by atoms with E-state index in [1.807, 2.05) is 6.08 Å². The second-order valence-electron chi connectivity index (χ2n) is 4.63. The molecule has 0 radical (unpaired) electrons. The highest BCUT2D eigenvalue weighted by atomic mass is 15.2. The minimum absolute atomic E-state index is 0.576. The second kappa shape index (κ2) is 7.88. The first-order valence-corrected chi connectivity index (χ1v) is 6.73. The summed E-state index contributed by atoms with van der Waals surface area (Å²) in [5.74, 6) is 1.03. The summed E-state index contributed by atoms with van der Waals surface area (Å²) in [6.07, 6.45) is 6.24.